The number of aliphatic carboxylic acids is 1. The van der Waals surface area contributed by atoms with Crippen LogP contribution in [0, 0.1) is 5.92 Å². The Balaban J connectivity index is 1.21. The number of carboxylic acids is 1. The Morgan fingerprint density at radius 2 is 1.74 bits per heavy atom. The number of nitrogens with zero attached hydrogens (tertiary/aromatic N) is 1. The van der Waals surface area contributed by atoms with Gasteiger partial charge in [-0.25, -0.2) is 9.59 Å². The lowest BCUT2D eigenvalue weighted by molar-refractivity contribution is -0.166. The molecule has 1 fully saturated rings. The van der Waals surface area contributed by atoms with Crippen LogP contribution >= 0.6 is 0 Å². The number of likely N-dealkylation sites (tertiary alicyclic amines) is 1. The maximum atomic E-state index is 12.6. The van der Waals surface area contributed by atoms with E-state index in [1.165, 1.54) is 16.0 Å². The summed E-state index contributed by atoms with van der Waals surface area (Å²) in [7, 11) is 0. The molecule has 8 nitrogen and oxygen atoms in total. The molecule has 2 aromatic carbocycles. The van der Waals surface area contributed by atoms with E-state index in [2.05, 4.69) is 29.6 Å². The van der Waals surface area contributed by atoms with Gasteiger partial charge in [0.1, 0.15) is 6.61 Å². The summed E-state index contributed by atoms with van der Waals surface area (Å²) in [5.74, 6) is -1.50. The van der Waals surface area contributed by atoms with Crippen LogP contribution in [0.3, 0.4) is 0 Å². The highest BCUT2D eigenvalue weighted by Gasteiger charge is 2.41. The summed E-state index contributed by atoms with van der Waals surface area (Å²) in [6, 6.07) is 16.3. The zero-order chi connectivity index (χ0) is 25.0. The molecule has 186 valence electrons. The molecule has 2 unspecified atom stereocenters. The second kappa shape index (κ2) is 10.5. The van der Waals surface area contributed by atoms with E-state index in [0.29, 0.717) is 25.9 Å². The number of hydrogen-bond acceptors (Lipinski definition) is 5. The molecule has 1 aliphatic heterocycles. The van der Waals surface area contributed by atoms with E-state index in [1.54, 1.807) is 0 Å². The van der Waals surface area contributed by atoms with Crippen LogP contribution in [0.4, 0.5) is 4.79 Å². The maximum Gasteiger partial charge on any atom is 0.407 e. The van der Waals surface area contributed by atoms with Crippen molar-refractivity contribution >= 4 is 18.0 Å². The third-order valence-electron chi connectivity index (χ3n) is 6.99. The second-order valence-corrected chi connectivity index (χ2v) is 9.61. The lowest BCUT2D eigenvalue weighted by Gasteiger charge is -2.36. The molecule has 2 amide bonds. The average Bonchev–Trinajstić information content (AvgIpc) is 3.16. The first kappa shape index (κ1) is 24.7. The van der Waals surface area contributed by atoms with Gasteiger partial charge in [0.2, 0.25) is 5.91 Å². The molecule has 35 heavy (non-hydrogen) atoms. The number of benzene rings is 2. The monoisotopic (exact) mass is 480 g/mol. The quantitative estimate of drug-likeness (QED) is 0.533. The number of carboxylic acid groups (broad SMARTS) is 1. The number of carbonyl (C=O) groups excluding carboxylic acids is 2. The fourth-order valence-corrected chi connectivity index (χ4v) is 5.02. The smallest absolute Gasteiger partial charge is 0.407 e. The summed E-state index contributed by atoms with van der Waals surface area (Å²) in [5.41, 5.74) is 2.78. The standard InChI is InChI=1S/C27H32N2O6/c1-18(15-24(30)29-14-6-12-27(34,17-29)25(31)32)11-13-28-26(33)35-16-23-21-9-4-2-7-19(21)20-8-3-5-10-22(20)23/h2-5,7-10,18,23,34H,6,11-17H2,1H3,(H,28,33)(H,31,32). The average molecular weight is 481 g/mol. The largest absolute Gasteiger partial charge is 0.479 e. The van der Waals surface area contributed by atoms with Gasteiger partial charge in [0.25, 0.3) is 0 Å². The summed E-state index contributed by atoms with van der Waals surface area (Å²) in [5, 5.41) is 22.2. The van der Waals surface area contributed by atoms with E-state index in [-0.39, 0.29) is 43.7 Å². The number of amides is 2. The molecule has 2 atom stereocenters. The molecular weight excluding hydrogens is 448 g/mol. The van der Waals surface area contributed by atoms with Crippen molar-refractivity contribution < 1.29 is 29.3 Å². The molecule has 0 spiro atoms. The number of β-amino-alcohol motifs (C(OH)–C–C–N with tert-alkyl or cyclic N) is 1. The van der Waals surface area contributed by atoms with Crippen LogP contribution in [0.2, 0.25) is 0 Å². The highest BCUT2D eigenvalue weighted by molar-refractivity contribution is 5.81. The Labute approximate surface area is 204 Å². The summed E-state index contributed by atoms with van der Waals surface area (Å²) in [6.45, 7) is 2.77. The molecule has 1 heterocycles. The molecule has 0 aromatic heterocycles. The molecule has 1 aliphatic carbocycles. The van der Waals surface area contributed by atoms with Crippen molar-refractivity contribution in [3.63, 3.8) is 0 Å². The Kier molecular flexibility index (Phi) is 7.40. The van der Waals surface area contributed by atoms with E-state index in [9.17, 15) is 24.6 Å². The number of carbonyl (C=O) groups is 3. The topological polar surface area (TPSA) is 116 Å². The van der Waals surface area contributed by atoms with Crippen molar-refractivity contribution in [1.82, 2.24) is 10.2 Å². The molecule has 2 aliphatic rings. The fraction of sp³-hybridized carbons (Fsp3) is 0.444. The summed E-state index contributed by atoms with van der Waals surface area (Å²) in [6.07, 6.45) is 0.903. The van der Waals surface area contributed by atoms with Crippen LogP contribution < -0.4 is 5.32 Å². The molecule has 0 bridgehead atoms. The zero-order valence-electron chi connectivity index (χ0n) is 19.9. The first-order valence-electron chi connectivity index (χ1n) is 12.1. The Morgan fingerprint density at radius 1 is 1.11 bits per heavy atom. The molecular formula is C27H32N2O6. The van der Waals surface area contributed by atoms with Gasteiger partial charge < -0.3 is 25.2 Å². The molecule has 1 saturated heterocycles. The number of rotatable bonds is 8. The van der Waals surface area contributed by atoms with Gasteiger partial charge in [0.15, 0.2) is 5.60 Å². The van der Waals surface area contributed by atoms with Gasteiger partial charge in [-0.3, -0.25) is 4.79 Å². The zero-order valence-corrected chi connectivity index (χ0v) is 19.9. The number of aliphatic hydroxyl groups is 1. The first-order chi connectivity index (χ1) is 16.8. The van der Waals surface area contributed by atoms with E-state index in [1.807, 2.05) is 31.2 Å². The van der Waals surface area contributed by atoms with Gasteiger partial charge >= 0.3 is 12.1 Å². The van der Waals surface area contributed by atoms with Gasteiger partial charge in [0.05, 0.1) is 6.54 Å². The summed E-state index contributed by atoms with van der Waals surface area (Å²) < 4.78 is 5.53. The number of alkyl carbamates (subject to hydrolysis) is 1. The summed E-state index contributed by atoms with van der Waals surface area (Å²) in [4.78, 5) is 37.6. The van der Waals surface area contributed by atoms with Crippen LogP contribution in [-0.4, -0.2) is 64.9 Å². The van der Waals surface area contributed by atoms with Crippen LogP contribution in [0.1, 0.15) is 49.7 Å². The van der Waals surface area contributed by atoms with Crippen molar-refractivity contribution in [3.05, 3.63) is 59.7 Å². The van der Waals surface area contributed by atoms with Crippen LogP contribution in [0.5, 0.6) is 0 Å². The fourth-order valence-electron chi connectivity index (χ4n) is 5.02. The van der Waals surface area contributed by atoms with Gasteiger partial charge in [-0.05, 0) is 47.4 Å². The van der Waals surface area contributed by atoms with Gasteiger partial charge in [0, 0.05) is 25.4 Å². The van der Waals surface area contributed by atoms with Crippen molar-refractivity contribution in [3.8, 4) is 11.1 Å². The van der Waals surface area contributed by atoms with Crippen molar-refractivity contribution in [2.45, 2.75) is 44.1 Å². The molecule has 4 rings (SSSR count). The highest BCUT2D eigenvalue weighted by Crippen LogP contribution is 2.44. The molecule has 2 aromatic rings. The van der Waals surface area contributed by atoms with Gasteiger partial charge in [-0.1, -0.05) is 55.5 Å². The second-order valence-electron chi connectivity index (χ2n) is 9.61. The normalized spacial score (nSPS) is 20.0. The minimum Gasteiger partial charge on any atom is -0.479 e. The van der Waals surface area contributed by atoms with Gasteiger partial charge in [-0.15, -0.1) is 0 Å². The lowest BCUT2D eigenvalue weighted by atomic mass is 9.92. The molecule has 0 saturated carbocycles. The third kappa shape index (κ3) is 5.48. The van der Waals surface area contributed by atoms with Crippen molar-refractivity contribution in [2.24, 2.45) is 5.92 Å². The predicted octanol–water partition coefficient (Wildman–Crippen LogP) is 3.38. The van der Waals surface area contributed by atoms with Crippen LogP contribution in [0.25, 0.3) is 11.1 Å². The summed E-state index contributed by atoms with van der Waals surface area (Å²) >= 11 is 0. The van der Waals surface area contributed by atoms with E-state index < -0.39 is 17.7 Å². The SMILES string of the molecule is CC(CCNC(=O)OCC1c2ccccc2-c2ccccc21)CC(=O)N1CCCC(O)(C(=O)O)C1. The van der Waals surface area contributed by atoms with E-state index in [0.717, 1.165) is 11.1 Å². The Bertz CT molecular complexity index is 1060. The number of piperidine rings is 1. The van der Waals surface area contributed by atoms with Crippen molar-refractivity contribution in [1.29, 1.82) is 0 Å². The number of hydrogen-bond donors (Lipinski definition) is 3. The number of ether oxygens (including phenoxy) is 1. The maximum absolute atomic E-state index is 12.6. The Morgan fingerprint density at radius 3 is 2.37 bits per heavy atom. The molecule has 8 heteroatoms. The van der Waals surface area contributed by atoms with Gasteiger partial charge in [-0.2, -0.15) is 0 Å². The number of nitrogens with one attached hydrogen (secondary N) is 1. The van der Waals surface area contributed by atoms with E-state index in [4.69, 9.17) is 4.74 Å². The van der Waals surface area contributed by atoms with Crippen molar-refractivity contribution in [2.75, 3.05) is 26.2 Å². The first-order valence-corrected chi connectivity index (χ1v) is 12.1. The lowest BCUT2D eigenvalue weighted by Crippen LogP contribution is -2.54. The minimum absolute atomic E-state index is 0.00122. The Hall–Kier alpha value is -3.39. The van der Waals surface area contributed by atoms with Crippen LogP contribution in [0.15, 0.2) is 48.5 Å². The minimum atomic E-state index is -1.87. The highest BCUT2D eigenvalue weighted by atomic mass is 16.5. The van der Waals surface area contributed by atoms with Crippen LogP contribution in [-0.2, 0) is 14.3 Å². The predicted molar refractivity (Wildman–Crippen MR) is 130 cm³/mol. The third-order valence-corrected chi connectivity index (χ3v) is 6.99. The molecule has 0 radical (unpaired) electrons. The number of fused-ring (bicyclic) bond motifs is 3. The molecule has 3 N–H and O–H groups in total. The van der Waals surface area contributed by atoms with E-state index >= 15 is 0 Å².